The standard InChI is InChI=1S/C24H28N4O2/c1-28(2)17-9-13-18-10-7-8-14-20(18)26-22-21(15-16-25-24(22)30-3)27-23(29)19-11-5-4-6-12-19/h4-8,10-12,14-16,26H,9,13,17H2,1-3H3,(H,25,27,29). The van der Waals surface area contributed by atoms with Crippen LogP contribution in [0.4, 0.5) is 17.1 Å². The molecule has 3 aromatic rings. The second kappa shape index (κ2) is 10.4. The summed E-state index contributed by atoms with van der Waals surface area (Å²) in [4.78, 5) is 19.2. The van der Waals surface area contributed by atoms with E-state index in [0.29, 0.717) is 22.8 Å². The summed E-state index contributed by atoms with van der Waals surface area (Å²) in [6.07, 6.45) is 3.61. The average Bonchev–Trinajstić information content (AvgIpc) is 2.76. The Morgan fingerprint density at radius 3 is 2.47 bits per heavy atom. The third-order valence-electron chi connectivity index (χ3n) is 4.72. The topological polar surface area (TPSA) is 66.5 Å². The molecule has 0 radical (unpaired) electrons. The summed E-state index contributed by atoms with van der Waals surface area (Å²) in [6, 6.07) is 19.0. The summed E-state index contributed by atoms with van der Waals surface area (Å²) in [6.45, 7) is 1.02. The summed E-state index contributed by atoms with van der Waals surface area (Å²) in [7, 11) is 5.72. The van der Waals surface area contributed by atoms with Gasteiger partial charge in [-0.3, -0.25) is 4.79 Å². The highest BCUT2D eigenvalue weighted by Gasteiger charge is 2.15. The predicted molar refractivity (Wildman–Crippen MR) is 122 cm³/mol. The third-order valence-corrected chi connectivity index (χ3v) is 4.72. The van der Waals surface area contributed by atoms with Gasteiger partial charge in [0.15, 0.2) is 0 Å². The van der Waals surface area contributed by atoms with Gasteiger partial charge in [-0.25, -0.2) is 4.98 Å². The molecule has 156 valence electrons. The van der Waals surface area contributed by atoms with Crippen LogP contribution in [0.2, 0.25) is 0 Å². The maximum absolute atomic E-state index is 12.7. The number of aryl methyl sites for hydroxylation is 1. The Morgan fingerprint density at radius 2 is 1.73 bits per heavy atom. The molecular weight excluding hydrogens is 376 g/mol. The van der Waals surface area contributed by atoms with Crippen LogP contribution in [-0.4, -0.2) is 43.5 Å². The van der Waals surface area contributed by atoms with Crippen molar-refractivity contribution >= 4 is 23.0 Å². The van der Waals surface area contributed by atoms with Crippen LogP contribution in [0.1, 0.15) is 22.3 Å². The van der Waals surface area contributed by atoms with Gasteiger partial charge in [-0.2, -0.15) is 0 Å². The molecule has 30 heavy (non-hydrogen) atoms. The normalized spacial score (nSPS) is 10.7. The number of hydrogen-bond donors (Lipinski definition) is 2. The first-order valence-corrected chi connectivity index (χ1v) is 9.97. The number of hydrogen-bond acceptors (Lipinski definition) is 5. The van der Waals surface area contributed by atoms with Crippen LogP contribution in [0.25, 0.3) is 0 Å². The fourth-order valence-electron chi connectivity index (χ4n) is 3.19. The van der Waals surface area contributed by atoms with E-state index in [0.717, 1.165) is 25.1 Å². The van der Waals surface area contributed by atoms with Gasteiger partial charge in [0.2, 0.25) is 5.88 Å². The lowest BCUT2D eigenvalue weighted by molar-refractivity contribution is 0.102. The van der Waals surface area contributed by atoms with Gasteiger partial charge in [0, 0.05) is 17.4 Å². The summed E-state index contributed by atoms with van der Waals surface area (Å²) in [5, 5.41) is 6.41. The first-order chi connectivity index (χ1) is 14.6. The SMILES string of the molecule is COc1nccc(NC(=O)c2ccccc2)c1Nc1ccccc1CCCN(C)C. The van der Waals surface area contributed by atoms with E-state index in [1.54, 1.807) is 31.5 Å². The Kier molecular flexibility index (Phi) is 7.40. The fourth-order valence-corrected chi connectivity index (χ4v) is 3.19. The Balaban J connectivity index is 1.86. The van der Waals surface area contributed by atoms with Crippen LogP contribution in [-0.2, 0) is 6.42 Å². The van der Waals surface area contributed by atoms with Crippen molar-refractivity contribution < 1.29 is 9.53 Å². The van der Waals surface area contributed by atoms with Gasteiger partial charge >= 0.3 is 0 Å². The zero-order valence-electron chi connectivity index (χ0n) is 17.7. The van der Waals surface area contributed by atoms with Crippen molar-refractivity contribution in [3.63, 3.8) is 0 Å². The Bertz CT molecular complexity index is 974. The molecule has 0 aliphatic carbocycles. The maximum Gasteiger partial charge on any atom is 0.255 e. The van der Waals surface area contributed by atoms with Gasteiger partial charge < -0.3 is 20.3 Å². The van der Waals surface area contributed by atoms with Crippen LogP contribution in [0.3, 0.4) is 0 Å². The molecule has 0 unspecified atom stereocenters. The van der Waals surface area contributed by atoms with Crippen molar-refractivity contribution in [2.45, 2.75) is 12.8 Å². The van der Waals surface area contributed by atoms with E-state index in [-0.39, 0.29) is 5.91 Å². The highest BCUT2D eigenvalue weighted by molar-refractivity contribution is 6.06. The lowest BCUT2D eigenvalue weighted by Gasteiger charge is -2.18. The number of methoxy groups -OCH3 is 1. The number of carbonyl (C=O) groups is 1. The molecule has 0 fully saturated rings. The number of benzene rings is 2. The molecule has 0 spiro atoms. The second-order valence-corrected chi connectivity index (χ2v) is 7.25. The molecule has 0 aliphatic heterocycles. The molecule has 0 bridgehead atoms. The van der Waals surface area contributed by atoms with Crippen molar-refractivity contribution in [3.8, 4) is 5.88 Å². The van der Waals surface area contributed by atoms with Crippen molar-refractivity contribution in [1.29, 1.82) is 0 Å². The summed E-state index contributed by atoms with van der Waals surface area (Å²) < 4.78 is 5.47. The van der Waals surface area contributed by atoms with Crippen LogP contribution < -0.4 is 15.4 Å². The van der Waals surface area contributed by atoms with E-state index in [2.05, 4.69) is 40.7 Å². The van der Waals surface area contributed by atoms with Crippen LogP contribution in [0.15, 0.2) is 66.9 Å². The number of ether oxygens (including phenoxy) is 1. The first kappa shape index (κ1) is 21.3. The highest BCUT2D eigenvalue weighted by atomic mass is 16.5. The molecule has 1 aromatic heterocycles. The van der Waals surface area contributed by atoms with Gasteiger partial charge in [-0.05, 0) is 63.3 Å². The van der Waals surface area contributed by atoms with Gasteiger partial charge in [0.1, 0.15) is 5.69 Å². The maximum atomic E-state index is 12.7. The summed E-state index contributed by atoms with van der Waals surface area (Å²) in [5.74, 6) is 0.232. The number of anilines is 3. The molecule has 0 aliphatic rings. The van der Waals surface area contributed by atoms with E-state index in [4.69, 9.17) is 4.74 Å². The molecule has 1 heterocycles. The molecular formula is C24H28N4O2. The van der Waals surface area contributed by atoms with E-state index in [1.807, 2.05) is 36.4 Å². The summed E-state index contributed by atoms with van der Waals surface area (Å²) in [5.41, 5.74) is 4.00. The molecule has 1 amide bonds. The predicted octanol–water partition coefficient (Wildman–Crippen LogP) is 4.58. The van der Waals surface area contributed by atoms with Crippen molar-refractivity contribution in [2.75, 3.05) is 38.4 Å². The zero-order chi connectivity index (χ0) is 21.3. The minimum Gasteiger partial charge on any atom is -0.479 e. The van der Waals surface area contributed by atoms with Gasteiger partial charge in [0.25, 0.3) is 5.91 Å². The van der Waals surface area contributed by atoms with E-state index in [9.17, 15) is 4.79 Å². The first-order valence-electron chi connectivity index (χ1n) is 9.97. The monoisotopic (exact) mass is 404 g/mol. The smallest absolute Gasteiger partial charge is 0.255 e. The number of carbonyl (C=O) groups excluding carboxylic acids is 1. The lowest BCUT2D eigenvalue weighted by atomic mass is 10.1. The lowest BCUT2D eigenvalue weighted by Crippen LogP contribution is -2.14. The quantitative estimate of drug-likeness (QED) is 0.546. The molecule has 2 aromatic carbocycles. The van der Waals surface area contributed by atoms with Crippen LogP contribution in [0.5, 0.6) is 5.88 Å². The number of nitrogens with zero attached hydrogens (tertiary/aromatic N) is 2. The molecule has 0 saturated heterocycles. The number of para-hydroxylation sites is 1. The average molecular weight is 405 g/mol. The molecule has 3 rings (SSSR count). The van der Waals surface area contributed by atoms with Gasteiger partial charge in [0.05, 0.1) is 12.8 Å². The van der Waals surface area contributed by atoms with Crippen molar-refractivity contribution in [1.82, 2.24) is 9.88 Å². The number of rotatable bonds is 9. The van der Waals surface area contributed by atoms with Crippen LogP contribution >= 0.6 is 0 Å². The van der Waals surface area contributed by atoms with Gasteiger partial charge in [-0.1, -0.05) is 36.4 Å². The highest BCUT2D eigenvalue weighted by Crippen LogP contribution is 2.34. The Morgan fingerprint density at radius 1 is 1.00 bits per heavy atom. The third kappa shape index (κ3) is 5.58. The van der Waals surface area contributed by atoms with Crippen LogP contribution in [0, 0.1) is 0 Å². The summed E-state index contributed by atoms with van der Waals surface area (Å²) >= 11 is 0. The minimum absolute atomic E-state index is 0.189. The van der Waals surface area contributed by atoms with E-state index >= 15 is 0 Å². The van der Waals surface area contributed by atoms with E-state index < -0.39 is 0 Å². The Hall–Kier alpha value is -3.38. The zero-order valence-corrected chi connectivity index (χ0v) is 17.7. The molecule has 0 saturated carbocycles. The minimum atomic E-state index is -0.189. The molecule has 6 heteroatoms. The number of amides is 1. The number of pyridine rings is 1. The Labute approximate surface area is 177 Å². The fraction of sp³-hybridized carbons (Fsp3) is 0.250. The number of nitrogens with one attached hydrogen (secondary N) is 2. The van der Waals surface area contributed by atoms with Crippen molar-refractivity contribution in [2.24, 2.45) is 0 Å². The molecule has 6 nitrogen and oxygen atoms in total. The van der Waals surface area contributed by atoms with Gasteiger partial charge in [-0.15, -0.1) is 0 Å². The van der Waals surface area contributed by atoms with Crippen molar-refractivity contribution in [3.05, 3.63) is 78.0 Å². The molecule has 2 N–H and O–H groups in total. The largest absolute Gasteiger partial charge is 0.479 e. The second-order valence-electron chi connectivity index (χ2n) is 7.25. The number of aromatic nitrogens is 1. The molecule has 0 atom stereocenters. The van der Waals surface area contributed by atoms with E-state index in [1.165, 1.54) is 5.56 Å².